The van der Waals surface area contributed by atoms with Gasteiger partial charge in [-0.25, -0.2) is 4.98 Å². The molecule has 4 heteroatoms. The Hall–Kier alpha value is -0.470. The predicted molar refractivity (Wildman–Crippen MR) is 48.6 cm³/mol. The summed E-state index contributed by atoms with van der Waals surface area (Å²) >= 11 is 11.4. The van der Waals surface area contributed by atoms with Crippen LogP contribution in [0.5, 0.6) is 0 Å². The first-order chi connectivity index (χ1) is 5.09. The molecular formula is C7H8Cl2N2. The fourth-order valence-electron chi connectivity index (χ4n) is 0.682. The maximum atomic E-state index is 5.74. The minimum absolute atomic E-state index is 0.418. The summed E-state index contributed by atoms with van der Waals surface area (Å²) in [6.45, 7) is 0. The summed E-state index contributed by atoms with van der Waals surface area (Å²) in [6.07, 6.45) is 0. The standard InChI is InChI=1S/C7H8Cl2N2/c1-11(2)7-4-5(8)3-6(9)10-7/h3-4H,1-2H3. The zero-order chi connectivity index (χ0) is 8.43. The molecule has 0 aliphatic carbocycles. The summed E-state index contributed by atoms with van der Waals surface area (Å²) in [5, 5.41) is 1.02. The second kappa shape index (κ2) is 3.28. The van der Waals surface area contributed by atoms with E-state index in [-0.39, 0.29) is 0 Å². The Balaban J connectivity index is 3.08. The number of aromatic nitrogens is 1. The molecular weight excluding hydrogens is 183 g/mol. The molecule has 1 rings (SSSR count). The van der Waals surface area contributed by atoms with Gasteiger partial charge in [-0.3, -0.25) is 0 Å². The molecule has 0 fully saturated rings. The van der Waals surface area contributed by atoms with E-state index in [1.165, 1.54) is 0 Å². The highest BCUT2D eigenvalue weighted by atomic mass is 35.5. The van der Waals surface area contributed by atoms with Gasteiger partial charge in [0.15, 0.2) is 0 Å². The van der Waals surface area contributed by atoms with Gasteiger partial charge >= 0.3 is 0 Å². The monoisotopic (exact) mass is 190 g/mol. The molecule has 60 valence electrons. The molecule has 0 radical (unpaired) electrons. The van der Waals surface area contributed by atoms with Crippen molar-refractivity contribution in [3.8, 4) is 0 Å². The van der Waals surface area contributed by atoms with Crippen LogP contribution in [0.2, 0.25) is 10.2 Å². The van der Waals surface area contributed by atoms with Crippen molar-refractivity contribution < 1.29 is 0 Å². The number of anilines is 1. The molecule has 0 amide bonds. The van der Waals surface area contributed by atoms with Gasteiger partial charge in [-0.2, -0.15) is 0 Å². The molecule has 0 saturated carbocycles. The Morgan fingerprint density at radius 1 is 1.27 bits per heavy atom. The summed E-state index contributed by atoms with van der Waals surface area (Å²) in [6, 6.07) is 3.36. The molecule has 2 nitrogen and oxygen atoms in total. The molecule has 0 saturated heterocycles. The van der Waals surface area contributed by atoms with E-state index in [1.54, 1.807) is 12.1 Å². The Morgan fingerprint density at radius 2 is 1.91 bits per heavy atom. The van der Waals surface area contributed by atoms with Crippen molar-refractivity contribution in [2.24, 2.45) is 0 Å². The predicted octanol–water partition coefficient (Wildman–Crippen LogP) is 2.45. The lowest BCUT2D eigenvalue weighted by molar-refractivity contribution is 1.07. The number of hydrogen-bond donors (Lipinski definition) is 0. The van der Waals surface area contributed by atoms with Gasteiger partial charge < -0.3 is 4.90 Å². The van der Waals surface area contributed by atoms with E-state index in [9.17, 15) is 0 Å². The van der Waals surface area contributed by atoms with Crippen LogP contribution in [-0.4, -0.2) is 19.1 Å². The van der Waals surface area contributed by atoms with Crippen molar-refractivity contribution in [1.29, 1.82) is 0 Å². The van der Waals surface area contributed by atoms with Crippen molar-refractivity contribution in [3.63, 3.8) is 0 Å². The zero-order valence-electron chi connectivity index (χ0n) is 6.31. The fraction of sp³-hybridized carbons (Fsp3) is 0.286. The number of rotatable bonds is 1. The quantitative estimate of drug-likeness (QED) is 0.633. The minimum atomic E-state index is 0.418. The van der Waals surface area contributed by atoms with Gasteiger partial charge in [0.05, 0.1) is 0 Å². The maximum absolute atomic E-state index is 5.74. The first-order valence-electron chi connectivity index (χ1n) is 3.10. The topological polar surface area (TPSA) is 16.1 Å². The van der Waals surface area contributed by atoms with E-state index < -0.39 is 0 Å². The van der Waals surface area contributed by atoms with Crippen molar-refractivity contribution in [1.82, 2.24) is 4.98 Å². The van der Waals surface area contributed by atoms with Crippen LogP contribution in [0, 0.1) is 0 Å². The number of hydrogen-bond acceptors (Lipinski definition) is 2. The van der Waals surface area contributed by atoms with E-state index >= 15 is 0 Å². The summed E-state index contributed by atoms with van der Waals surface area (Å²) in [5.74, 6) is 0.766. The van der Waals surface area contributed by atoms with Gasteiger partial charge in [-0.05, 0) is 12.1 Å². The zero-order valence-corrected chi connectivity index (χ0v) is 7.82. The molecule has 11 heavy (non-hydrogen) atoms. The number of halogens is 2. The van der Waals surface area contributed by atoms with Crippen LogP contribution in [-0.2, 0) is 0 Å². The Labute approximate surface area is 75.7 Å². The lowest BCUT2D eigenvalue weighted by atomic mass is 10.4. The van der Waals surface area contributed by atoms with Crippen molar-refractivity contribution in [2.75, 3.05) is 19.0 Å². The van der Waals surface area contributed by atoms with Crippen LogP contribution in [0.15, 0.2) is 12.1 Å². The van der Waals surface area contributed by atoms with Gasteiger partial charge in [-0.15, -0.1) is 0 Å². The SMILES string of the molecule is CN(C)c1cc(Cl)cc(Cl)n1. The third-order valence-electron chi connectivity index (χ3n) is 1.20. The highest BCUT2D eigenvalue weighted by Gasteiger charge is 2.00. The molecule has 0 aromatic carbocycles. The third-order valence-corrected chi connectivity index (χ3v) is 1.62. The first-order valence-corrected chi connectivity index (χ1v) is 3.85. The smallest absolute Gasteiger partial charge is 0.132 e. The Bertz CT molecular complexity index is 240. The van der Waals surface area contributed by atoms with E-state index in [1.807, 2.05) is 19.0 Å². The molecule has 1 aromatic heterocycles. The number of pyridine rings is 1. The highest BCUT2D eigenvalue weighted by Crippen LogP contribution is 2.19. The van der Waals surface area contributed by atoms with E-state index in [2.05, 4.69) is 4.98 Å². The van der Waals surface area contributed by atoms with Gasteiger partial charge in [0.2, 0.25) is 0 Å². The van der Waals surface area contributed by atoms with E-state index in [0.29, 0.717) is 10.2 Å². The minimum Gasteiger partial charge on any atom is -0.363 e. The maximum Gasteiger partial charge on any atom is 0.132 e. The van der Waals surface area contributed by atoms with Crippen LogP contribution >= 0.6 is 23.2 Å². The lowest BCUT2D eigenvalue weighted by Crippen LogP contribution is -2.10. The average Bonchev–Trinajstić information content (AvgIpc) is 1.85. The highest BCUT2D eigenvalue weighted by molar-refractivity contribution is 6.34. The molecule has 1 aromatic rings. The van der Waals surface area contributed by atoms with E-state index in [0.717, 1.165) is 5.82 Å². The van der Waals surface area contributed by atoms with Crippen LogP contribution in [0.3, 0.4) is 0 Å². The van der Waals surface area contributed by atoms with Gasteiger partial charge in [0, 0.05) is 19.1 Å². The van der Waals surface area contributed by atoms with Crippen LogP contribution in [0.4, 0.5) is 5.82 Å². The van der Waals surface area contributed by atoms with Crippen LogP contribution in [0.25, 0.3) is 0 Å². The molecule has 1 heterocycles. The summed E-state index contributed by atoms with van der Waals surface area (Å²) in [7, 11) is 3.77. The second-order valence-electron chi connectivity index (χ2n) is 2.36. The van der Waals surface area contributed by atoms with Crippen LogP contribution < -0.4 is 4.90 Å². The number of nitrogens with zero attached hydrogens (tertiary/aromatic N) is 2. The molecule has 0 unspecified atom stereocenters. The van der Waals surface area contributed by atoms with Crippen LogP contribution in [0.1, 0.15) is 0 Å². The first kappa shape index (κ1) is 8.62. The third kappa shape index (κ3) is 2.24. The average molecular weight is 191 g/mol. The molecule has 0 aliphatic heterocycles. The summed E-state index contributed by atoms with van der Waals surface area (Å²) in [4.78, 5) is 5.89. The molecule has 0 spiro atoms. The van der Waals surface area contributed by atoms with Gasteiger partial charge in [0.1, 0.15) is 11.0 Å². The Morgan fingerprint density at radius 3 is 2.36 bits per heavy atom. The fourth-order valence-corrected chi connectivity index (χ4v) is 1.14. The second-order valence-corrected chi connectivity index (χ2v) is 3.18. The summed E-state index contributed by atoms with van der Waals surface area (Å²) < 4.78 is 0. The summed E-state index contributed by atoms with van der Waals surface area (Å²) in [5.41, 5.74) is 0. The van der Waals surface area contributed by atoms with Crippen molar-refractivity contribution in [3.05, 3.63) is 22.3 Å². The normalized spacial score (nSPS) is 9.82. The van der Waals surface area contributed by atoms with E-state index in [4.69, 9.17) is 23.2 Å². The van der Waals surface area contributed by atoms with Crippen molar-refractivity contribution in [2.45, 2.75) is 0 Å². The van der Waals surface area contributed by atoms with Crippen molar-refractivity contribution >= 4 is 29.0 Å². The van der Waals surface area contributed by atoms with Gasteiger partial charge in [-0.1, -0.05) is 23.2 Å². The molecule has 0 bridgehead atoms. The molecule has 0 aliphatic rings. The lowest BCUT2D eigenvalue weighted by Gasteiger charge is -2.10. The largest absolute Gasteiger partial charge is 0.363 e. The Kier molecular flexibility index (Phi) is 2.58. The van der Waals surface area contributed by atoms with Gasteiger partial charge in [0.25, 0.3) is 0 Å². The molecule has 0 atom stereocenters. The molecule has 0 N–H and O–H groups in total.